The van der Waals surface area contributed by atoms with E-state index in [1.54, 1.807) is 18.6 Å². The summed E-state index contributed by atoms with van der Waals surface area (Å²) in [7, 11) is 0. The van der Waals surface area contributed by atoms with Crippen molar-refractivity contribution in [3.8, 4) is 0 Å². The maximum Gasteiger partial charge on any atom is 0.135 e. The van der Waals surface area contributed by atoms with Gasteiger partial charge in [0.1, 0.15) is 11.9 Å². The number of rotatable bonds is 3. The van der Waals surface area contributed by atoms with E-state index in [2.05, 4.69) is 24.8 Å². The lowest BCUT2D eigenvalue weighted by molar-refractivity contribution is 0.0857. The van der Waals surface area contributed by atoms with Gasteiger partial charge in [-0.3, -0.25) is 9.97 Å². The Morgan fingerprint density at radius 3 is 2.78 bits per heavy atom. The second-order valence-corrected chi connectivity index (χ2v) is 5.97. The third kappa shape index (κ3) is 2.66. The molecule has 6 nitrogen and oxygen atoms in total. The molecule has 118 valence electrons. The summed E-state index contributed by atoms with van der Waals surface area (Å²) in [6, 6.07) is 3.99. The van der Waals surface area contributed by atoms with Gasteiger partial charge in [0.25, 0.3) is 0 Å². The summed E-state index contributed by atoms with van der Waals surface area (Å²) in [4.78, 5) is 18.2. The van der Waals surface area contributed by atoms with Gasteiger partial charge in [0.05, 0.1) is 5.52 Å². The van der Waals surface area contributed by atoms with Crippen LogP contribution in [0.3, 0.4) is 0 Å². The van der Waals surface area contributed by atoms with Gasteiger partial charge in [0.2, 0.25) is 0 Å². The van der Waals surface area contributed by atoms with Gasteiger partial charge in [-0.25, -0.2) is 4.98 Å². The van der Waals surface area contributed by atoms with E-state index in [9.17, 15) is 5.11 Å². The van der Waals surface area contributed by atoms with Crippen LogP contribution in [0.1, 0.15) is 24.8 Å². The average Bonchev–Trinajstić information content (AvgIpc) is 3.15. The molecule has 0 aliphatic carbocycles. The molecular formula is C17H19N5O. The molecule has 6 heteroatoms. The smallest absolute Gasteiger partial charge is 0.135 e. The van der Waals surface area contributed by atoms with Gasteiger partial charge in [0, 0.05) is 55.1 Å². The highest BCUT2D eigenvalue weighted by Gasteiger charge is 2.28. The number of nitrogens with zero attached hydrogens (tertiary/aromatic N) is 4. The number of H-pyrrole nitrogens is 1. The molecule has 2 N–H and O–H groups in total. The molecule has 23 heavy (non-hydrogen) atoms. The summed E-state index contributed by atoms with van der Waals surface area (Å²) < 4.78 is 0. The number of imidazole rings is 1. The zero-order valence-electron chi connectivity index (χ0n) is 12.8. The Morgan fingerprint density at radius 1 is 1.13 bits per heavy atom. The minimum absolute atomic E-state index is 0.239. The Kier molecular flexibility index (Phi) is 3.67. The second kappa shape index (κ2) is 5.96. The van der Waals surface area contributed by atoms with E-state index in [-0.39, 0.29) is 5.92 Å². The molecule has 1 unspecified atom stereocenters. The van der Waals surface area contributed by atoms with E-state index < -0.39 is 6.10 Å². The zero-order chi connectivity index (χ0) is 15.6. The minimum atomic E-state index is -0.511. The van der Waals surface area contributed by atoms with Crippen LogP contribution in [0.5, 0.6) is 0 Å². The van der Waals surface area contributed by atoms with Crippen molar-refractivity contribution in [1.29, 1.82) is 0 Å². The van der Waals surface area contributed by atoms with Crippen LogP contribution < -0.4 is 4.90 Å². The Hall–Kier alpha value is -2.47. The number of aliphatic hydroxyl groups is 1. The quantitative estimate of drug-likeness (QED) is 0.776. The number of pyridine rings is 2. The first kappa shape index (κ1) is 14.1. The fourth-order valence-corrected chi connectivity index (χ4v) is 3.37. The number of fused-ring (bicyclic) bond motifs is 1. The Balaban J connectivity index is 1.51. The molecular weight excluding hydrogens is 290 g/mol. The Bertz CT molecular complexity index is 775. The molecule has 0 aromatic carbocycles. The van der Waals surface area contributed by atoms with Crippen LogP contribution >= 0.6 is 0 Å². The lowest BCUT2D eigenvalue weighted by atomic mass is 9.90. The van der Waals surface area contributed by atoms with E-state index in [1.165, 1.54) is 5.69 Å². The standard InChI is InChI=1S/C17H19N5O/c23-16(17-20-7-8-21-17)12-3-9-22(10-4-12)15-2-6-19-14-1-5-18-11-13(14)15/h1-2,5-8,11-12,16,23H,3-4,9-10H2,(H,20,21). The van der Waals surface area contributed by atoms with Crippen molar-refractivity contribution >= 4 is 16.6 Å². The summed E-state index contributed by atoms with van der Waals surface area (Å²) in [6.45, 7) is 1.83. The summed E-state index contributed by atoms with van der Waals surface area (Å²) in [5.41, 5.74) is 2.14. The van der Waals surface area contributed by atoms with Crippen molar-refractivity contribution in [2.75, 3.05) is 18.0 Å². The van der Waals surface area contributed by atoms with Gasteiger partial charge in [-0.15, -0.1) is 0 Å². The summed E-state index contributed by atoms with van der Waals surface area (Å²) in [5.74, 6) is 0.908. The third-order valence-corrected chi connectivity index (χ3v) is 4.65. The van der Waals surface area contributed by atoms with E-state index in [0.29, 0.717) is 5.82 Å². The van der Waals surface area contributed by atoms with Crippen LogP contribution in [0.4, 0.5) is 5.69 Å². The molecule has 3 aromatic heterocycles. The van der Waals surface area contributed by atoms with Gasteiger partial charge < -0.3 is 15.0 Å². The van der Waals surface area contributed by atoms with Crippen molar-refractivity contribution in [3.05, 3.63) is 48.9 Å². The SMILES string of the molecule is OC(c1ncc[nH]1)C1CCN(c2ccnc3ccncc23)CC1. The topological polar surface area (TPSA) is 77.9 Å². The molecule has 1 aliphatic rings. The van der Waals surface area contributed by atoms with Crippen LogP contribution in [0.2, 0.25) is 0 Å². The molecule has 0 radical (unpaired) electrons. The van der Waals surface area contributed by atoms with Crippen molar-refractivity contribution in [2.24, 2.45) is 5.92 Å². The molecule has 0 amide bonds. The summed E-state index contributed by atoms with van der Waals surface area (Å²) in [6.07, 6.45) is 10.3. The fraction of sp³-hybridized carbons (Fsp3) is 0.353. The first-order valence-electron chi connectivity index (χ1n) is 7.94. The number of piperidine rings is 1. The van der Waals surface area contributed by atoms with Gasteiger partial charge in [0.15, 0.2) is 0 Å². The van der Waals surface area contributed by atoms with Crippen molar-refractivity contribution in [1.82, 2.24) is 19.9 Å². The Labute approximate surface area is 134 Å². The molecule has 3 aromatic rings. The second-order valence-electron chi connectivity index (χ2n) is 5.97. The molecule has 1 atom stereocenters. The lowest BCUT2D eigenvalue weighted by Gasteiger charge is -2.35. The van der Waals surface area contributed by atoms with Crippen LogP contribution in [-0.2, 0) is 0 Å². The van der Waals surface area contributed by atoms with Crippen LogP contribution in [-0.4, -0.2) is 38.1 Å². The fourth-order valence-electron chi connectivity index (χ4n) is 3.37. The molecule has 4 heterocycles. The maximum absolute atomic E-state index is 10.4. The average molecular weight is 309 g/mol. The number of hydrogen-bond acceptors (Lipinski definition) is 5. The lowest BCUT2D eigenvalue weighted by Crippen LogP contribution is -2.36. The van der Waals surface area contributed by atoms with Gasteiger partial charge in [-0.2, -0.15) is 0 Å². The van der Waals surface area contributed by atoms with Crippen LogP contribution in [0, 0.1) is 5.92 Å². The predicted octanol–water partition coefficient (Wildman–Crippen LogP) is 2.30. The largest absolute Gasteiger partial charge is 0.385 e. The highest BCUT2D eigenvalue weighted by atomic mass is 16.3. The minimum Gasteiger partial charge on any atom is -0.385 e. The predicted molar refractivity (Wildman–Crippen MR) is 88.0 cm³/mol. The monoisotopic (exact) mass is 309 g/mol. The van der Waals surface area contributed by atoms with E-state index in [1.807, 2.05) is 24.5 Å². The number of aromatic nitrogens is 4. The van der Waals surface area contributed by atoms with E-state index >= 15 is 0 Å². The van der Waals surface area contributed by atoms with Crippen LogP contribution in [0.15, 0.2) is 43.1 Å². The van der Waals surface area contributed by atoms with Crippen molar-refractivity contribution in [2.45, 2.75) is 18.9 Å². The number of hydrogen-bond donors (Lipinski definition) is 2. The molecule has 4 rings (SSSR count). The normalized spacial score (nSPS) is 17.5. The number of aromatic amines is 1. The molecule has 1 aliphatic heterocycles. The highest BCUT2D eigenvalue weighted by Crippen LogP contribution is 2.33. The maximum atomic E-state index is 10.4. The van der Waals surface area contributed by atoms with Crippen molar-refractivity contribution < 1.29 is 5.11 Å². The van der Waals surface area contributed by atoms with Gasteiger partial charge in [-0.05, 0) is 30.9 Å². The first-order chi connectivity index (χ1) is 11.3. The first-order valence-corrected chi connectivity index (χ1v) is 7.94. The van der Waals surface area contributed by atoms with Crippen molar-refractivity contribution in [3.63, 3.8) is 0 Å². The van der Waals surface area contributed by atoms with E-state index in [4.69, 9.17) is 0 Å². The molecule has 0 spiro atoms. The van der Waals surface area contributed by atoms with E-state index in [0.717, 1.165) is 36.8 Å². The molecule has 0 bridgehead atoms. The number of aliphatic hydroxyl groups excluding tert-OH is 1. The van der Waals surface area contributed by atoms with Gasteiger partial charge in [-0.1, -0.05) is 0 Å². The molecule has 1 saturated heterocycles. The number of nitrogens with one attached hydrogen (secondary N) is 1. The van der Waals surface area contributed by atoms with Gasteiger partial charge >= 0.3 is 0 Å². The summed E-state index contributed by atoms with van der Waals surface area (Å²) in [5, 5.41) is 11.5. The summed E-state index contributed by atoms with van der Waals surface area (Å²) >= 11 is 0. The third-order valence-electron chi connectivity index (χ3n) is 4.65. The zero-order valence-corrected chi connectivity index (χ0v) is 12.8. The number of anilines is 1. The van der Waals surface area contributed by atoms with Crippen LogP contribution in [0.25, 0.3) is 10.9 Å². The Morgan fingerprint density at radius 2 is 2.00 bits per heavy atom. The molecule has 0 saturated carbocycles. The molecule has 1 fully saturated rings. The highest BCUT2D eigenvalue weighted by molar-refractivity contribution is 5.90.